The SMILES string of the molecule is CC(C)(C)OC(=O)NC(CS(=O)(=O)Cc1ccccc1)C(=O)NCCCC[C@@H](O)c1nc2ccccc2s1. The van der Waals surface area contributed by atoms with Gasteiger partial charge < -0.3 is 20.5 Å². The number of sulfone groups is 1. The minimum atomic E-state index is -3.73. The van der Waals surface area contributed by atoms with Crippen molar-refractivity contribution in [3.63, 3.8) is 0 Å². The summed E-state index contributed by atoms with van der Waals surface area (Å²) in [7, 11) is -3.73. The van der Waals surface area contributed by atoms with Crippen molar-refractivity contribution in [3.8, 4) is 0 Å². The molecule has 0 aliphatic carbocycles. The Hall–Kier alpha value is -3.02. The van der Waals surface area contributed by atoms with Crippen LogP contribution in [-0.2, 0) is 25.1 Å². The van der Waals surface area contributed by atoms with Crippen LogP contribution in [-0.4, -0.2) is 54.4 Å². The van der Waals surface area contributed by atoms with Crippen LogP contribution in [0.2, 0.25) is 0 Å². The maximum Gasteiger partial charge on any atom is 0.408 e. The van der Waals surface area contributed by atoms with Gasteiger partial charge in [0.25, 0.3) is 0 Å². The van der Waals surface area contributed by atoms with Gasteiger partial charge >= 0.3 is 6.09 Å². The molecule has 1 aromatic heterocycles. The molecule has 206 valence electrons. The van der Waals surface area contributed by atoms with E-state index in [2.05, 4.69) is 15.6 Å². The lowest BCUT2D eigenvalue weighted by Gasteiger charge is -2.23. The van der Waals surface area contributed by atoms with Crippen molar-refractivity contribution >= 4 is 43.4 Å². The Bertz CT molecular complexity index is 1290. The molecule has 0 saturated carbocycles. The smallest absolute Gasteiger partial charge is 0.408 e. The summed E-state index contributed by atoms with van der Waals surface area (Å²) in [5.74, 6) is -1.43. The summed E-state index contributed by atoms with van der Waals surface area (Å²) < 4.78 is 31.9. The van der Waals surface area contributed by atoms with Crippen LogP contribution < -0.4 is 10.6 Å². The molecule has 1 unspecified atom stereocenters. The topological polar surface area (TPSA) is 135 Å². The first-order valence-electron chi connectivity index (χ1n) is 12.5. The predicted octanol–water partition coefficient (Wildman–Crippen LogP) is 4.12. The van der Waals surface area contributed by atoms with Gasteiger partial charge in [0.05, 0.1) is 21.7 Å². The Kier molecular flexibility index (Phi) is 10.2. The number of fused-ring (bicyclic) bond motifs is 1. The normalized spacial score (nSPS) is 13.6. The van der Waals surface area contributed by atoms with Gasteiger partial charge in [-0.05, 0) is 57.7 Å². The predicted molar refractivity (Wildman–Crippen MR) is 149 cm³/mol. The van der Waals surface area contributed by atoms with E-state index in [0.29, 0.717) is 29.8 Å². The van der Waals surface area contributed by atoms with Crippen molar-refractivity contribution in [1.82, 2.24) is 15.6 Å². The molecule has 38 heavy (non-hydrogen) atoms. The zero-order valence-electron chi connectivity index (χ0n) is 21.8. The molecular weight excluding hydrogens is 526 g/mol. The van der Waals surface area contributed by atoms with E-state index in [1.807, 2.05) is 24.3 Å². The molecule has 3 N–H and O–H groups in total. The van der Waals surface area contributed by atoms with Crippen molar-refractivity contribution < 1.29 is 27.9 Å². The van der Waals surface area contributed by atoms with Crippen LogP contribution in [0.15, 0.2) is 54.6 Å². The molecule has 0 bridgehead atoms. The van der Waals surface area contributed by atoms with Gasteiger partial charge in [0.1, 0.15) is 22.8 Å². The number of ether oxygens (including phenoxy) is 1. The third-order valence-corrected chi connectivity index (χ3v) is 8.21. The molecule has 11 heteroatoms. The first-order chi connectivity index (χ1) is 17.9. The molecule has 2 atom stereocenters. The molecule has 2 amide bonds. The number of hydrogen-bond donors (Lipinski definition) is 3. The number of unbranched alkanes of at least 4 members (excludes halogenated alkanes) is 1. The molecule has 0 radical (unpaired) electrons. The molecule has 0 saturated heterocycles. The fourth-order valence-electron chi connectivity index (χ4n) is 3.73. The number of para-hydroxylation sites is 1. The van der Waals surface area contributed by atoms with E-state index in [9.17, 15) is 23.1 Å². The van der Waals surface area contributed by atoms with Gasteiger partial charge in [0, 0.05) is 6.54 Å². The summed E-state index contributed by atoms with van der Waals surface area (Å²) in [6, 6.07) is 15.0. The van der Waals surface area contributed by atoms with Crippen molar-refractivity contribution in [2.45, 2.75) is 63.5 Å². The van der Waals surface area contributed by atoms with E-state index in [1.165, 1.54) is 11.3 Å². The van der Waals surface area contributed by atoms with Crippen LogP contribution in [0.4, 0.5) is 4.79 Å². The Labute approximate surface area is 227 Å². The van der Waals surface area contributed by atoms with Crippen LogP contribution in [0.25, 0.3) is 10.2 Å². The number of aromatic nitrogens is 1. The fourth-order valence-corrected chi connectivity index (χ4v) is 6.28. The third kappa shape index (κ3) is 9.70. The highest BCUT2D eigenvalue weighted by Gasteiger charge is 2.29. The average Bonchev–Trinajstić information content (AvgIpc) is 3.27. The second-order valence-electron chi connectivity index (χ2n) is 10.1. The number of thiazole rings is 1. The van der Waals surface area contributed by atoms with Gasteiger partial charge in [-0.3, -0.25) is 4.79 Å². The number of rotatable bonds is 12. The number of carbonyl (C=O) groups excluding carboxylic acids is 2. The average molecular weight is 562 g/mol. The minimum Gasteiger partial charge on any atom is -0.444 e. The van der Waals surface area contributed by atoms with E-state index in [4.69, 9.17) is 4.74 Å². The number of nitrogens with zero attached hydrogens (tertiary/aromatic N) is 1. The Morgan fingerprint density at radius 2 is 1.74 bits per heavy atom. The number of hydrogen-bond acceptors (Lipinski definition) is 8. The van der Waals surface area contributed by atoms with E-state index in [1.54, 1.807) is 51.1 Å². The van der Waals surface area contributed by atoms with Crippen LogP contribution in [0.3, 0.4) is 0 Å². The molecule has 0 aliphatic rings. The summed E-state index contributed by atoms with van der Waals surface area (Å²) in [6.45, 7) is 5.29. The first kappa shape index (κ1) is 29.5. The summed E-state index contributed by atoms with van der Waals surface area (Å²) >= 11 is 1.45. The van der Waals surface area contributed by atoms with Gasteiger partial charge in [-0.15, -0.1) is 11.3 Å². The number of aliphatic hydroxyl groups excluding tert-OH is 1. The second-order valence-corrected chi connectivity index (χ2v) is 13.2. The molecule has 0 aliphatic heterocycles. The van der Waals surface area contributed by atoms with E-state index in [-0.39, 0.29) is 12.3 Å². The van der Waals surface area contributed by atoms with Crippen molar-refractivity contribution in [2.75, 3.05) is 12.3 Å². The van der Waals surface area contributed by atoms with Crippen LogP contribution in [0.1, 0.15) is 56.7 Å². The van der Waals surface area contributed by atoms with E-state index in [0.717, 1.165) is 10.2 Å². The molecule has 2 aromatic carbocycles. The highest BCUT2D eigenvalue weighted by molar-refractivity contribution is 7.90. The zero-order valence-corrected chi connectivity index (χ0v) is 23.5. The molecule has 0 fully saturated rings. The van der Waals surface area contributed by atoms with Gasteiger partial charge in [-0.2, -0.15) is 0 Å². The lowest BCUT2D eigenvalue weighted by atomic mass is 10.1. The molecule has 1 heterocycles. The number of amides is 2. The Morgan fingerprint density at radius 1 is 1.05 bits per heavy atom. The molecule has 0 spiro atoms. The number of benzene rings is 2. The van der Waals surface area contributed by atoms with Gasteiger partial charge in [0.2, 0.25) is 5.91 Å². The van der Waals surface area contributed by atoms with Gasteiger partial charge in [0.15, 0.2) is 9.84 Å². The lowest BCUT2D eigenvalue weighted by molar-refractivity contribution is -0.122. The van der Waals surface area contributed by atoms with E-state index < -0.39 is 45.3 Å². The zero-order chi connectivity index (χ0) is 27.8. The highest BCUT2D eigenvalue weighted by atomic mass is 32.2. The summed E-state index contributed by atoms with van der Waals surface area (Å²) in [5, 5.41) is 16.3. The second kappa shape index (κ2) is 13.2. The lowest BCUT2D eigenvalue weighted by Crippen LogP contribution is -2.51. The molecule has 9 nitrogen and oxygen atoms in total. The van der Waals surface area contributed by atoms with Gasteiger partial charge in [-0.1, -0.05) is 42.5 Å². The molecule has 3 aromatic rings. The van der Waals surface area contributed by atoms with Crippen LogP contribution in [0.5, 0.6) is 0 Å². The monoisotopic (exact) mass is 561 g/mol. The van der Waals surface area contributed by atoms with Crippen LogP contribution >= 0.6 is 11.3 Å². The van der Waals surface area contributed by atoms with E-state index >= 15 is 0 Å². The quantitative estimate of drug-likeness (QED) is 0.283. The Balaban J connectivity index is 1.53. The fraction of sp³-hybridized carbons (Fsp3) is 0.444. The Morgan fingerprint density at radius 3 is 2.42 bits per heavy atom. The standard InChI is InChI=1S/C27H35N3O6S2/c1-27(2,3)36-26(33)30-21(18-38(34,35)17-19-11-5-4-6-12-19)24(32)28-16-10-9-14-22(31)25-29-20-13-7-8-15-23(20)37-25/h4-8,11-13,15,21-22,31H,9-10,14,16-18H2,1-3H3,(H,28,32)(H,30,33)/t21?,22-/m1/s1. The number of nitrogens with one attached hydrogen (secondary N) is 2. The maximum absolute atomic E-state index is 12.9. The highest BCUT2D eigenvalue weighted by Crippen LogP contribution is 2.28. The molecular formula is C27H35N3O6S2. The van der Waals surface area contributed by atoms with Crippen molar-refractivity contribution in [3.05, 3.63) is 65.2 Å². The summed E-state index contributed by atoms with van der Waals surface area (Å²) in [5.41, 5.74) is 0.637. The number of alkyl carbamates (subject to hydrolysis) is 1. The number of aliphatic hydroxyl groups is 1. The largest absolute Gasteiger partial charge is 0.444 e. The van der Waals surface area contributed by atoms with Gasteiger partial charge in [-0.25, -0.2) is 18.2 Å². The summed E-state index contributed by atoms with van der Waals surface area (Å²) in [6.07, 6.45) is 0.0809. The summed E-state index contributed by atoms with van der Waals surface area (Å²) in [4.78, 5) is 29.7. The van der Waals surface area contributed by atoms with Crippen molar-refractivity contribution in [2.24, 2.45) is 0 Å². The molecule has 3 rings (SSSR count). The maximum atomic E-state index is 12.9. The van der Waals surface area contributed by atoms with Crippen LogP contribution in [0, 0.1) is 0 Å². The minimum absolute atomic E-state index is 0.253. The van der Waals surface area contributed by atoms with Crippen molar-refractivity contribution in [1.29, 1.82) is 0 Å². The number of carbonyl (C=O) groups is 2. The first-order valence-corrected chi connectivity index (χ1v) is 15.1. The third-order valence-electron chi connectivity index (χ3n) is 5.46.